The fourth-order valence-corrected chi connectivity index (χ4v) is 4.55. The third kappa shape index (κ3) is 5.06. The Labute approximate surface area is 172 Å². The minimum absolute atomic E-state index is 0.0132. The van der Waals surface area contributed by atoms with Crippen molar-refractivity contribution in [3.63, 3.8) is 0 Å². The maximum absolute atomic E-state index is 12.3. The summed E-state index contributed by atoms with van der Waals surface area (Å²) in [5, 5.41) is 5.96. The second kappa shape index (κ2) is 8.68. The van der Waals surface area contributed by atoms with Crippen molar-refractivity contribution in [2.24, 2.45) is 5.14 Å². The van der Waals surface area contributed by atoms with Crippen LogP contribution in [0.1, 0.15) is 31.1 Å². The van der Waals surface area contributed by atoms with Gasteiger partial charge < -0.3 is 9.30 Å². The molecule has 0 aliphatic heterocycles. The van der Waals surface area contributed by atoms with E-state index in [1.54, 1.807) is 18.2 Å². The predicted molar refractivity (Wildman–Crippen MR) is 109 cm³/mol. The first-order valence-electron chi connectivity index (χ1n) is 8.93. The zero-order chi connectivity index (χ0) is 21.2. The predicted octanol–water partition coefficient (Wildman–Crippen LogP) is 4.55. The summed E-state index contributed by atoms with van der Waals surface area (Å²) < 4.78 is 54.3. The number of aryl methyl sites for hydroxylation is 1. The molecule has 10 heteroatoms. The van der Waals surface area contributed by atoms with E-state index in [9.17, 15) is 17.2 Å². The maximum Gasteiger partial charge on any atom is 0.387 e. The first-order chi connectivity index (χ1) is 13.7. The van der Waals surface area contributed by atoms with Crippen LogP contribution in [0.25, 0.3) is 11.0 Å². The number of nitrogens with two attached hydrogens (primary N) is 1. The molecule has 0 aliphatic rings. The highest BCUT2D eigenvalue weighted by Crippen LogP contribution is 2.37. The van der Waals surface area contributed by atoms with Gasteiger partial charge in [0.15, 0.2) is 5.16 Å². The highest BCUT2D eigenvalue weighted by molar-refractivity contribution is 7.99. The van der Waals surface area contributed by atoms with Gasteiger partial charge in [-0.15, -0.1) is 0 Å². The number of hydrogen-bond donors (Lipinski definition) is 1. The van der Waals surface area contributed by atoms with E-state index in [1.165, 1.54) is 36.0 Å². The van der Waals surface area contributed by atoms with Crippen LogP contribution in [-0.2, 0) is 16.6 Å². The lowest BCUT2D eigenvalue weighted by molar-refractivity contribution is -0.0498. The molecule has 1 heterocycles. The number of fused-ring (bicyclic) bond motifs is 1. The lowest BCUT2D eigenvalue weighted by atomic mass is 10.2. The number of nitrogens with zero attached hydrogens (tertiary/aromatic N) is 2. The topological polar surface area (TPSA) is 87.2 Å². The van der Waals surface area contributed by atoms with Gasteiger partial charge in [0, 0.05) is 11.8 Å². The quantitative estimate of drug-likeness (QED) is 0.518. The van der Waals surface area contributed by atoms with Gasteiger partial charge in [0.1, 0.15) is 5.75 Å². The zero-order valence-corrected chi connectivity index (χ0v) is 17.5. The third-order valence-corrected chi connectivity index (χ3v) is 6.38. The number of alkyl halides is 2. The number of imidazole rings is 1. The monoisotopic (exact) mass is 441 g/mol. The van der Waals surface area contributed by atoms with Gasteiger partial charge in [0.25, 0.3) is 0 Å². The smallest absolute Gasteiger partial charge is 0.387 e. The lowest BCUT2D eigenvalue weighted by Gasteiger charge is -2.14. The zero-order valence-electron chi connectivity index (χ0n) is 15.9. The molecule has 6 nitrogen and oxygen atoms in total. The normalized spacial score (nSPS) is 13.2. The summed E-state index contributed by atoms with van der Waals surface area (Å²) in [5.74, 6) is 0.106. The van der Waals surface area contributed by atoms with Crippen LogP contribution in [0.5, 0.6) is 5.75 Å². The molecule has 29 heavy (non-hydrogen) atoms. The van der Waals surface area contributed by atoms with Crippen molar-refractivity contribution in [1.29, 1.82) is 0 Å². The molecule has 0 radical (unpaired) electrons. The molecule has 0 spiro atoms. The molecule has 0 saturated heterocycles. The average Bonchev–Trinajstić information content (AvgIpc) is 2.98. The number of sulfonamides is 1. The van der Waals surface area contributed by atoms with Crippen LogP contribution in [0.3, 0.4) is 0 Å². The molecule has 1 aromatic heterocycles. The maximum atomic E-state index is 12.3. The summed E-state index contributed by atoms with van der Waals surface area (Å²) in [6.07, 6.45) is 0.879. The number of ether oxygens (including phenoxy) is 1. The Kier molecular flexibility index (Phi) is 6.45. The SMILES string of the molecule is CCCn1c(SC(C)c2ccc(OC(F)F)cc2)nc2cc(S(N)(=O)=O)ccc21. The van der Waals surface area contributed by atoms with Crippen molar-refractivity contribution in [3.05, 3.63) is 48.0 Å². The highest BCUT2D eigenvalue weighted by atomic mass is 32.2. The molecular weight excluding hydrogens is 420 g/mol. The van der Waals surface area contributed by atoms with Crippen LogP contribution >= 0.6 is 11.8 Å². The van der Waals surface area contributed by atoms with Crippen LogP contribution < -0.4 is 9.88 Å². The number of halogens is 2. The number of thioether (sulfide) groups is 1. The van der Waals surface area contributed by atoms with Crippen LogP contribution in [0.15, 0.2) is 52.5 Å². The van der Waals surface area contributed by atoms with E-state index in [-0.39, 0.29) is 15.9 Å². The van der Waals surface area contributed by atoms with Crippen molar-refractivity contribution < 1.29 is 21.9 Å². The molecule has 2 N–H and O–H groups in total. The number of benzene rings is 2. The molecular formula is C19H21F2N3O3S2. The summed E-state index contributed by atoms with van der Waals surface area (Å²) in [5.41, 5.74) is 2.31. The average molecular weight is 442 g/mol. The van der Waals surface area contributed by atoms with Crippen molar-refractivity contribution in [2.75, 3.05) is 0 Å². The van der Waals surface area contributed by atoms with E-state index in [1.807, 2.05) is 18.4 Å². The molecule has 156 valence electrons. The largest absolute Gasteiger partial charge is 0.435 e. The second-order valence-corrected chi connectivity index (χ2v) is 9.32. The van der Waals surface area contributed by atoms with E-state index in [0.717, 1.165) is 29.2 Å². The molecule has 0 aliphatic carbocycles. The number of rotatable bonds is 8. The molecule has 1 atom stereocenters. The molecule has 0 amide bonds. The van der Waals surface area contributed by atoms with Gasteiger partial charge in [0.2, 0.25) is 10.0 Å². The van der Waals surface area contributed by atoms with Crippen LogP contribution in [-0.4, -0.2) is 24.6 Å². The Morgan fingerprint density at radius 2 is 1.90 bits per heavy atom. The van der Waals surface area contributed by atoms with Crippen molar-refractivity contribution >= 4 is 32.8 Å². The molecule has 0 saturated carbocycles. The standard InChI is InChI=1S/C19H21F2N3O3S2/c1-3-10-24-17-9-8-15(29(22,25)26)11-16(17)23-19(24)28-12(2)13-4-6-14(7-5-13)27-18(20)21/h4-9,11-12,18H,3,10H2,1-2H3,(H2,22,25,26). The van der Waals surface area contributed by atoms with Crippen molar-refractivity contribution in [3.8, 4) is 5.75 Å². The Balaban J connectivity index is 1.90. The molecule has 0 fully saturated rings. The molecule has 0 bridgehead atoms. The third-order valence-electron chi connectivity index (χ3n) is 4.32. The highest BCUT2D eigenvalue weighted by Gasteiger charge is 2.18. The molecule has 3 rings (SSSR count). The van der Waals surface area contributed by atoms with Gasteiger partial charge in [0.05, 0.1) is 15.9 Å². The van der Waals surface area contributed by atoms with Gasteiger partial charge in [-0.3, -0.25) is 0 Å². The number of primary sulfonamides is 1. The molecule has 1 unspecified atom stereocenters. The van der Waals surface area contributed by atoms with Crippen molar-refractivity contribution in [1.82, 2.24) is 9.55 Å². The molecule has 2 aromatic carbocycles. The Morgan fingerprint density at radius 1 is 1.21 bits per heavy atom. The van der Waals surface area contributed by atoms with Crippen molar-refractivity contribution in [2.45, 2.75) is 48.7 Å². The van der Waals surface area contributed by atoms with E-state index in [4.69, 9.17) is 5.14 Å². The van der Waals surface area contributed by atoms with Gasteiger partial charge in [-0.2, -0.15) is 8.78 Å². The van der Waals surface area contributed by atoms with Gasteiger partial charge in [-0.25, -0.2) is 18.5 Å². The first-order valence-corrected chi connectivity index (χ1v) is 11.4. The van der Waals surface area contributed by atoms with E-state index < -0.39 is 16.6 Å². The Hall–Kier alpha value is -2.17. The van der Waals surface area contributed by atoms with E-state index in [0.29, 0.717) is 5.52 Å². The minimum Gasteiger partial charge on any atom is -0.435 e. The second-order valence-electron chi connectivity index (χ2n) is 6.45. The summed E-state index contributed by atoms with van der Waals surface area (Å²) in [7, 11) is -3.81. The minimum atomic E-state index is -3.81. The van der Waals surface area contributed by atoms with Gasteiger partial charge in [-0.05, 0) is 49.2 Å². The summed E-state index contributed by atoms with van der Waals surface area (Å²) in [6.45, 7) is 1.90. The summed E-state index contributed by atoms with van der Waals surface area (Å²) >= 11 is 1.50. The van der Waals surface area contributed by atoms with Gasteiger partial charge in [-0.1, -0.05) is 30.8 Å². The number of hydrogen-bond acceptors (Lipinski definition) is 5. The fourth-order valence-electron chi connectivity index (χ4n) is 2.94. The Morgan fingerprint density at radius 3 is 2.48 bits per heavy atom. The fraction of sp³-hybridized carbons (Fsp3) is 0.316. The van der Waals surface area contributed by atoms with E-state index in [2.05, 4.69) is 9.72 Å². The van der Waals surface area contributed by atoms with Crippen LogP contribution in [0, 0.1) is 0 Å². The van der Waals surface area contributed by atoms with Crippen LogP contribution in [0.2, 0.25) is 0 Å². The van der Waals surface area contributed by atoms with Gasteiger partial charge >= 0.3 is 6.61 Å². The molecule has 3 aromatic rings. The summed E-state index contributed by atoms with van der Waals surface area (Å²) in [4.78, 5) is 4.63. The summed E-state index contributed by atoms with van der Waals surface area (Å²) in [6, 6.07) is 11.1. The number of aromatic nitrogens is 2. The van der Waals surface area contributed by atoms with E-state index >= 15 is 0 Å². The Bertz CT molecular complexity index is 1100. The lowest BCUT2D eigenvalue weighted by Crippen LogP contribution is -2.11. The first kappa shape index (κ1) is 21.5. The van der Waals surface area contributed by atoms with Crippen LogP contribution in [0.4, 0.5) is 8.78 Å².